The van der Waals surface area contributed by atoms with E-state index < -0.39 is 5.60 Å². The Morgan fingerprint density at radius 1 is 1.43 bits per heavy atom. The van der Waals surface area contributed by atoms with Crippen molar-refractivity contribution < 1.29 is 10.2 Å². The van der Waals surface area contributed by atoms with Gasteiger partial charge < -0.3 is 15.5 Å². The molecule has 84 valence electrons. The van der Waals surface area contributed by atoms with Crippen molar-refractivity contribution in [1.82, 2.24) is 5.32 Å². The number of hydrogen-bond donors (Lipinski definition) is 3. The Kier molecular flexibility index (Phi) is 4.35. The molecule has 0 aromatic carbocycles. The van der Waals surface area contributed by atoms with Crippen molar-refractivity contribution in [3.63, 3.8) is 0 Å². The van der Waals surface area contributed by atoms with E-state index in [1.54, 1.807) is 6.92 Å². The van der Waals surface area contributed by atoms with Crippen molar-refractivity contribution in [3.8, 4) is 0 Å². The molecule has 0 spiro atoms. The van der Waals surface area contributed by atoms with Gasteiger partial charge in [-0.1, -0.05) is 13.3 Å². The van der Waals surface area contributed by atoms with Crippen LogP contribution in [0.15, 0.2) is 0 Å². The molecule has 1 fully saturated rings. The fraction of sp³-hybridized carbons (Fsp3) is 1.00. The van der Waals surface area contributed by atoms with Gasteiger partial charge in [0.2, 0.25) is 0 Å². The summed E-state index contributed by atoms with van der Waals surface area (Å²) < 4.78 is 0. The number of nitrogens with one attached hydrogen (secondary N) is 1. The topological polar surface area (TPSA) is 52.5 Å². The molecule has 0 bridgehead atoms. The largest absolute Gasteiger partial charge is 0.393 e. The molecular weight excluding hydrogens is 178 g/mol. The summed E-state index contributed by atoms with van der Waals surface area (Å²) >= 11 is 0. The Morgan fingerprint density at radius 2 is 2.14 bits per heavy atom. The summed E-state index contributed by atoms with van der Waals surface area (Å²) in [4.78, 5) is 0. The summed E-state index contributed by atoms with van der Waals surface area (Å²) in [5.41, 5.74) is -0.968. The maximum atomic E-state index is 9.59. The van der Waals surface area contributed by atoms with E-state index in [0.29, 0.717) is 12.6 Å². The van der Waals surface area contributed by atoms with E-state index in [1.807, 2.05) is 0 Å². The van der Waals surface area contributed by atoms with Crippen molar-refractivity contribution in [1.29, 1.82) is 0 Å². The summed E-state index contributed by atoms with van der Waals surface area (Å²) in [5, 5.41) is 21.8. The number of rotatable bonds is 5. The molecule has 0 radical (unpaired) electrons. The zero-order valence-corrected chi connectivity index (χ0v) is 9.29. The lowest BCUT2D eigenvalue weighted by molar-refractivity contribution is 0.000797. The Labute approximate surface area is 86.5 Å². The van der Waals surface area contributed by atoms with Crippen LogP contribution in [-0.2, 0) is 0 Å². The van der Waals surface area contributed by atoms with Gasteiger partial charge in [0.05, 0.1) is 12.2 Å². The predicted octanol–water partition coefficient (Wildman–Crippen LogP) is 0.898. The Balaban J connectivity index is 2.20. The molecular formula is C11H23NO2. The molecule has 0 aliphatic heterocycles. The third-order valence-electron chi connectivity index (χ3n) is 3.23. The highest BCUT2D eigenvalue weighted by atomic mass is 16.3. The van der Waals surface area contributed by atoms with E-state index in [0.717, 1.165) is 5.92 Å². The number of aliphatic hydroxyl groups excluding tert-OH is 1. The molecule has 1 rings (SSSR count). The van der Waals surface area contributed by atoms with Crippen molar-refractivity contribution >= 4 is 0 Å². The molecule has 1 saturated carbocycles. The van der Waals surface area contributed by atoms with Crippen molar-refractivity contribution in [2.75, 3.05) is 13.2 Å². The molecule has 3 atom stereocenters. The van der Waals surface area contributed by atoms with Crippen LogP contribution in [0, 0.1) is 5.92 Å². The second-order valence-corrected chi connectivity index (χ2v) is 4.82. The van der Waals surface area contributed by atoms with Gasteiger partial charge in [0, 0.05) is 12.6 Å². The zero-order chi connectivity index (χ0) is 10.6. The van der Waals surface area contributed by atoms with Gasteiger partial charge in [0.15, 0.2) is 0 Å². The summed E-state index contributed by atoms with van der Waals surface area (Å²) in [6.45, 7) is 4.21. The van der Waals surface area contributed by atoms with Gasteiger partial charge in [0.25, 0.3) is 0 Å². The van der Waals surface area contributed by atoms with Crippen molar-refractivity contribution in [2.24, 2.45) is 5.92 Å². The average Bonchev–Trinajstić information content (AvgIpc) is 2.63. The summed E-state index contributed by atoms with van der Waals surface area (Å²) in [7, 11) is 0. The van der Waals surface area contributed by atoms with Crippen LogP contribution in [0.3, 0.4) is 0 Å². The first-order valence-electron chi connectivity index (χ1n) is 5.64. The van der Waals surface area contributed by atoms with Crippen LogP contribution in [0.2, 0.25) is 0 Å². The van der Waals surface area contributed by atoms with Gasteiger partial charge in [-0.2, -0.15) is 0 Å². The van der Waals surface area contributed by atoms with Gasteiger partial charge in [-0.15, -0.1) is 0 Å². The second-order valence-electron chi connectivity index (χ2n) is 4.82. The van der Waals surface area contributed by atoms with Crippen LogP contribution < -0.4 is 5.32 Å². The summed E-state index contributed by atoms with van der Waals surface area (Å²) in [5.74, 6) is 0.853. The van der Waals surface area contributed by atoms with Crippen molar-refractivity contribution in [2.45, 2.75) is 51.2 Å². The molecule has 0 amide bonds. The van der Waals surface area contributed by atoms with Gasteiger partial charge in [-0.05, 0) is 32.1 Å². The van der Waals surface area contributed by atoms with Gasteiger partial charge in [-0.3, -0.25) is 0 Å². The highest BCUT2D eigenvalue weighted by Gasteiger charge is 2.26. The van der Waals surface area contributed by atoms with Crippen LogP contribution in [0.25, 0.3) is 0 Å². The van der Waals surface area contributed by atoms with Crippen LogP contribution in [0.5, 0.6) is 0 Å². The molecule has 3 unspecified atom stereocenters. The highest BCUT2D eigenvalue weighted by Crippen LogP contribution is 2.27. The van der Waals surface area contributed by atoms with E-state index in [1.165, 1.54) is 25.7 Å². The smallest absolute Gasteiger partial charge is 0.0972 e. The Bertz CT molecular complexity index is 171. The maximum absolute atomic E-state index is 9.59. The minimum Gasteiger partial charge on any atom is -0.393 e. The van der Waals surface area contributed by atoms with Gasteiger partial charge in [-0.25, -0.2) is 0 Å². The van der Waals surface area contributed by atoms with E-state index >= 15 is 0 Å². The molecule has 0 saturated heterocycles. The first kappa shape index (κ1) is 12.0. The molecule has 0 aromatic heterocycles. The molecule has 3 heteroatoms. The molecule has 3 nitrogen and oxygen atoms in total. The van der Waals surface area contributed by atoms with Gasteiger partial charge >= 0.3 is 0 Å². The molecule has 0 heterocycles. The van der Waals surface area contributed by atoms with E-state index in [9.17, 15) is 5.11 Å². The van der Waals surface area contributed by atoms with Crippen LogP contribution >= 0.6 is 0 Å². The quantitative estimate of drug-likeness (QED) is 0.619. The third-order valence-corrected chi connectivity index (χ3v) is 3.23. The fourth-order valence-electron chi connectivity index (χ4n) is 2.05. The summed E-state index contributed by atoms with van der Waals surface area (Å²) in [6.07, 6.45) is 4.99. The van der Waals surface area contributed by atoms with Crippen molar-refractivity contribution in [3.05, 3.63) is 0 Å². The van der Waals surface area contributed by atoms with Crippen LogP contribution in [0.4, 0.5) is 0 Å². The molecule has 1 aliphatic carbocycles. The van der Waals surface area contributed by atoms with Gasteiger partial charge in [0.1, 0.15) is 0 Å². The molecule has 1 aliphatic rings. The van der Waals surface area contributed by atoms with Crippen LogP contribution in [0.1, 0.15) is 39.5 Å². The predicted molar refractivity (Wildman–Crippen MR) is 57.1 cm³/mol. The SMILES string of the molecule is CCC1CCC(NCC(C)(O)CO)C1. The van der Waals surface area contributed by atoms with E-state index in [-0.39, 0.29) is 6.61 Å². The monoisotopic (exact) mass is 201 g/mol. The second kappa shape index (κ2) is 5.10. The summed E-state index contributed by atoms with van der Waals surface area (Å²) in [6, 6.07) is 0.540. The number of hydrogen-bond acceptors (Lipinski definition) is 3. The lowest BCUT2D eigenvalue weighted by Crippen LogP contribution is -2.44. The van der Waals surface area contributed by atoms with E-state index in [4.69, 9.17) is 5.11 Å². The maximum Gasteiger partial charge on any atom is 0.0972 e. The molecule has 0 aromatic rings. The fourth-order valence-corrected chi connectivity index (χ4v) is 2.05. The zero-order valence-electron chi connectivity index (χ0n) is 9.29. The normalized spacial score (nSPS) is 31.7. The highest BCUT2D eigenvalue weighted by molar-refractivity contribution is 4.83. The van der Waals surface area contributed by atoms with Crippen LogP contribution in [-0.4, -0.2) is 35.0 Å². The first-order valence-corrected chi connectivity index (χ1v) is 5.64. The third kappa shape index (κ3) is 3.56. The Hall–Kier alpha value is -0.120. The number of aliphatic hydroxyl groups is 2. The molecule has 14 heavy (non-hydrogen) atoms. The molecule has 3 N–H and O–H groups in total. The lowest BCUT2D eigenvalue weighted by Gasteiger charge is -2.23. The van der Waals surface area contributed by atoms with E-state index in [2.05, 4.69) is 12.2 Å². The standard InChI is InChI=1S/C11H23NO2/c1-3-9-4-5-10(6-9)12-7-11(2,14)8-13/h9-10,12-14H,3-8H2,1-2H3. The first-order chi connectivity index (χ1) is 6.57. The minimum absolute atomic E-state index is 0.177. The Morgan fingerprint density at radius 3 is 2.64 bits per heavy atom. The lowest BCUT2D eigenvalue weighted by atomic mass is 10.0. The average molecular weight is 201 g/mol. The minimum atomic E-state index is -0.968.